The highest BCUT2D eigenvalue weighted by Gasteiger charge is 2.41. The number of hydrogen-bond donors (Lipinski definition) is 1. The Hall–Kier alpha value is -0.430. The van der Waals surface area contributed by atoms with Crippen molar-refractivity contribution in [3.63, 3.8) is 0 Å². The number of thiophene rings is 1. The van der Waals surface area contributed by atoms with Crippen LogP contribution in [0.25, 0.3) is 0 Å². The largest absolute Gasteiger partial charge is 0.329 e. The summed E-state index contributed by atoms with van der Waals surface area (Å²) in [5, 5.41) is 2.15. The molecule has 0 radical (unpaired) electrons. The molecule has 0 aliphatic carbocycles. The van der Waals surface area contributed by atoms with Crippen LogP contribution in [0.5, 0.6) is 0 Å². The molecule has 0 saturated carbocycles. The maximum absolute atomic E-state index is 11.6. The minimum atomic E-state index is -2.83. The number of sulfone groups is 1. The van der Waals surface area contributed by atoms with Crippen molar-refractivity contribution in [1.82, 2.24) is 4.90 Å². The first-order valence-corrected chi connectivity index (χ1v) is 9.46. The maximum Gasteiger partial charge on any atom is 0.150 e. The summed E-state index contributed by atoms with van der Waals surface area (Å²) in [4.78, 5) is 3.91. The molecular formula is C13H20N2O2S2. The van der Waals surface area contributed by atoms with Gasteiger partial charge in [0.25, 0.3) is 0 Å². The Labute approximate surface area is 118 Å². The van der Waals surface area contributed by atoms with Gasteiger partial charge in [0.1, 0.15) is 9.84 Å². The van der Waals surface area contributed by atoms with E-state index in [0.29, 0.717) is 19.4 Å². The van der Waals surface area contributed by atoms with E-state index in [4.69, 9.17) is 5.73 Å². The second-order valence-electron chi connectivity index (χ2n) is 5.62. The summed E-state index contributed by atoms with van der Waals surface area (Å²) in [5.74, 6) is 0.578. The van der Waals surface area contributed by atoms with Gasteiger partial charge in [-0.15, -0.1) is 11.3 Å². The second kappa shape index (κ2) is 4.84. The molecule has 2 aliphatic heterocycles. The van der Waals surface area contributed by atoms with E-state index in [0.717, 1.165) is 19.5 Å². The minimum Gasteiger partial charge on any atom is -0.329 e. The molecule has 0 spiro atoms. The van der Waals surface area contributed by atoms with Gasteiger partial charge in [-0.3, -0.25) is 4.90 Å². The second-order valence-corrected chi connectivity index (χ2v) is 8.93. The van der Waals surface area contributed by atoms with Crippen molar-refractivity contribution in [2.45, 2.75) is 31.3 Å². The molecule has 4 nitrogen and oxygen atoms in total. The lowest BCUT2D eigenvalue weighted by Crippen LogP contribution is -2.58. The van der Waals surface area contributed by atoms with Gasteiger partial charge in [-0.1, -0.05) is 0 Å². The zero-order chi connectivity index (χ0) is 13.5. The van der Waals surface area contributed by atoms with Gasteiger partial charge < -0.3 is 5.73 Å². The highest BCUT2D eigenvalue weighted by Crippen LogP contribution is 2.34. The minimum absolute atomic E-state index is 0.106. The molecule has 1 saturated heterocycles. The Morgan fingerprint density at radius 3 is 2.79 bits per heavy atom. The van der Waals surface area contributed by atoms with Crippen LogP contribution in [0.4, 0.5) is 0 Å². The lowest BCUT2D eigenvalue weighted by Gasteiger charge is -2.47. The van der Waals surface area contributed by atoms with Crippen molar-refractivity contribution in [2.24, 2.45) is 5.73 Å². The van der Waals surface area contributed by atoms with E-state index in [9.17, 15) is 8.42 Å². The molecule has 2 N–H and O–H groups in total. The molecule has 3 heterocycles. The lowest BCUT2D eigenvalue weighted by atomic mass is 9.88. The molecule has 1 aromatic heterocycles. The fourth-order valence-electron chi connectivity index (χ4n) is 3.22. The molecule has 2 aliphatic rings. The molecule has 1 fully saturated rings. The number of nitrogens with zero attached hydrogens (tertiary/aromatic N) is 1. The highest BCUT2D eigenvalue weighted by atomic mass is 32.2. The highest BCUT2D eigenvalue weighted by molar-refractivity contribution is 7.91. The van der Waals surface area contributed by atoms with Crippen LogP contribution >= 0.6 is 11.3 Å². The van der Waals surface area contributed by atoms with Crippen LogP contribution in [-0.4, -0.2) is 43.5 Å². The predicted molar refractivity (Wildman–Crippen MR) is 78.1 cm³/mol. The van der Waals surface area contributed by atoms with E-state index in [1.807, 2.05) is 11.3 Å². The van der Waals surface area contributed by atoms with Crippen LogP contribution in [0.15, 0.2) is 11.4 Å². The quantitative estimate of drug-likeness (QED) is 0.885. The third-order valence-electron chi connectivity index (χ3n) is 4.62. The fourth-order valence-corrected chi connectivity index (χ4v) is 5.70. The molecule has 106 valence electrons. The third-order valence-corrected chi connectivity index (χ3v) is 7.29. The first-order chi connectivity index (χ1) is 9.05. The number of fused-ring (bicyclic) bond motifs is 1. The summed E-state index contributed by atoms with van der Waals surface area (Å²) in [6.45, 7) is 2.49. The Balaban J connectivity index is 1.81. The monoisotopic (exact) mass is 300 g/mol. The van der Waals surface area contributed by atoms with Gasteiger partial charge in [-0.2, -0.15) is 0 Å². The molecule has 0 unspecified atom stereocenters. The van der Waals surface area contributed by atoms with Gasteiger partial charge in [0.2, 0.25) is 0 Å². The summed E-state index contributed by atoms with van der Waals surface area (Å²) in [5.41, 5.74) is 7.31. The first-order valence-electron chi connectivity index (χ1n) is 6.75. The summed E-state index contributed by atoms with van der Waals surface area (Å²) >= 11 is 1.83. The van der Waals surface area contributed by atoms with Crippen LogP contribution in [0.3, 0.4) is 0 Å². The summed E-state index contributed by atoms with van der Waals surface area (Å²) in [7, 11) is -2.83. The average molecular weight is 300 g/mol. The zero-order valence-corrected chi connectivity index (χ0v) is 12.6. The number of rotatable bonds is 2. The molecule has 0 atom stereocenters. The van der Waals surface area contributed by atoms with Crippen molar-refractivity contribution in [1.29, 1.82) is 0 Å². The Kier molecular flexibility index (Phi) is 3.45. The van der Waals surface area contributed by atoms with Crippen LogP contribution in [0.2, 0.25) is 0 Å². The van der Waals surface area contributed by atoms with Crippen molar-refractivity contribution in [3.05, 3.63) is 21.9 Å². The van der Waals surface area contributed by atoms with Gasteiger partial charge in [0, 0.05) is 30.1 Å². The topological polar surface area (TPSA) is 63.4 Å². The van der Waals surface area contributed by atoms with Gasteiger partial charge in [-0.05, 0) is 36.3 Å². The van der Waals surface area contributed by atoms with Crippen LogP contribution in [0, 0.1) is 0 Å². The standard InChI is InChI=1S/C13H20N2O2S2/c14-10-13(3-7-19(16,17)8-4-13)15-5-1-12-11(9-15)2-6-18-12/h2,6H,1,3-5,7-10,14H2. The van der Waals surface area contributed by atoms with Crippen LogP contribution in [0.1, 0.15) is 23.3 Å². The molecule has 0 bridgehead atoms. The Morgan fingerprint density at radius 2 is 2.11 bits per heavy atom. The van der Waals surface area contributed by atoms with Crippen molar-refractivity contribution in [3.8, 4) is 0 Å². The van der Waals surface area contributed by atoms with Gasteiger partial charge in [0.15, 0.2) is 0 Å². The fraction of sp³-hybridized carbons (Fsp3) is 0.692. The van der Waals surface area contributed by atoms with E-state index in [2.05, 4.69) is 16.3 Å². The first kappa shape index (κ1) is 13.5. The van der Waals surface area contributed by atoms with Crippen LogP contribution in [-0.2, 0) is 22.8 Å². The summed E-state index contributed by atoms with van der Waals surface area (Å²) in [6, 6.07) is 2.19. The number of hydrogen-bond acceptors (Lipinski definition) is 5. The SMILES string of the molecule is NCC1(N2CCc3sccc3C2)CCS(=O)(=O)CC1. The molecule has 19 heavy (non-hydrogen) atoms. The van der Waals surface area contributed by atoms with E-state index in [1.54, 1.807) is 0 Å². The van der Waals surface area contributed by atoms with Gasteiger partial charge in [-0.25, -0.2) is 8.42 Å². The molecular weight excluding hydrogens is 280 g/mol. The van der Waals surface area contributed by atoms with Gasteiger partial charge >= 0.3 is 0 Å². The summed E-state index contributed by atoms with van der Waals surface area (Å²) < 4.78 is 23.3. The molecule has 6 heteroatoms. The normalized spacial score (nSPS) is 25.9. The molecule has 3 rings (SSSR count). The Bertz CT molecular complexity index is 551. The Morgan fingerprint density at radius 1 is 1.37 bits per heavy atom. The van der Waals surface area contributed by atoms with Gasteiger partial charge in [0.05, 0.1) is 11.5 Å². The van der Waals surface area contributed by atoms with Crippen molar-refractivity contribution < 1.29 is 8.42 Å². The van der Waals surface area contributed by atoms with E-state index in [-0.39, 0.29) is 17.0 Å². The van der Waals surface area contributed by atoms with Crippen molar-refractivity contribution in [2.75, 3.05) is 24.6 Å². The van der Waals surface area contributed by atoms with E-state index < -0.39 is 9.84 Å². The van der Waals surface area contributed by atoms with E-state index in [1.165, 1.54) is 10.4 Å². The van der Waals surface area contributed by atoms with Crippen LogP contribution < -0.4 is 5.73 Å². The zero-order valence-electron chi connectivity index (χ0n) is 11.0. The third kappa shape index (κ3) is 2.46. The predicted octanol–water partition coefficient (Wildman–Crippen LogP) is 1.01. The average Bonchev–Trinajstić information content (AvgIpc) is 2.87. The lowest BCUT2D eigenvalue weighted by molar-refractivity contribution is 0.0699. The van der Waals surface area contributed by atoms with E-state index >= 15 is 0 Å². The smallest absolute Gasteiger partial charge is 0.150 e. The number of nitrogens with two attached hydrogens (primary N) is 1. The molecule has 0 aromatic carbocycles. The maximum atomic E-state index is 11.6. The van der Waals surface area contributed by atoms with Crippen molar-refractivity contribution >= 4 is 21.2 Å². The summed E-state index contributed by atoms with van der Waals surface area (Å²) in [6.07, 6.45) is 2.44. The molecule has 1 aromatic rings. The molecule has 0 amide bonds.